The number of carboxylic acids is 1. The standard InChI is InChI=1S/C10H17NO4/c1-7(12)9-3-8(4-11(9)2)5-15-6-10(13)14/h8-9H,3-6H2,1-2H3,(H,13,14)/t8-,9+/m1/s1. The molecule has 2 atom stereocenters. The van der Waals surface area contributed by atoms with E-state index in [1.54, 1.807) is 6.92 Å². The Balaban J connectivity index is 2.29. The Morgan fingerprint density at radius 3 is 2.67 bits per heavy atom. The van der Waals surface area contributed by atoms with Crippen LogP contribution in [-0.2, 0) is 14.3 Å². The third-order valence-corrected chi connectivity index (χ3v) is 2.68. The Bertz CT molecular complexity index is 254. The second-order valence-corrected chi connectivity index (χ2v) is 4.08. The van der Waals surface area contributed by atoms with Crippen LogP contribution in [0.4, 0.5) is 0 Å². The molecule has 5 heteroatoms. The fourth-order valence-corrected chi connectivity index (χ4v) is 2.01. The van der Waals surface area contributed by atoms with Gasteiger partial charge in [0.15, 0.2) is 0 Å². The van der Waals surface area contributed by atoms with E-state index in [0.717, 1.165) is 13.0 Å². The van der Waals surface area contributed by atoms with Crippen LogP contribution >= 0.6 is 0 Å². The van der Waals surface area contributed by atoms with Crippen molar-refractivity contribution in [2.75, 3.05) is 26.8 Å². The summed E-state index contributed by atoms with van der Waals surface area (Å²) >= 11 is 0. The van der Waals surface area contributed by atoms with Gasteiger partial charge < -0.3 is 9.84 Å². The molecule has 1 heterocycles. The highest BCUT2D eigenvalue weighted by Crippen LogP contribution is 2.22. The number of carbonyl (C=O) groups is 2. The van der Waals surface area contributed by atoms with Gasteiger partial charge in [-0.15, -0.1) is 0 Å². The first-order valence-electron chi connectivity index (χ1n) is 5.01. The summed E-state index contributed by atoms with van der Waals surface area (Å²) in [7, 11) is 1.91. The number of carboxylic acid groups (broad SMARTS) is 1. The highest BCUT2D eigenvalue weighted by molar-refractivity contribution is 5.81. The lowest BCUT2D eigenvalue weighted by Crippen LogP contribution is -2.30. The molecule has 0 aromatic rings. The van der Waals surface area contributed by atoms with Crippen molar-refractivity contribution in [3.8, 4) is 0 Å². The minimum atomic E-state index is -0.954. The summed E-state index contributed by atoms with van der Waals surface area (Å²) in [4.78, 5) is 23.4. The fraction of sp³-hybridized carbons (Fsp3) is 0.800. The summed E-state index contributed by atoms with van der Waals surface area (Å²) in [5.41, 5.74) is 0. The number of hydrogen-bond acceptors (Lipinski definition) is 4. The van der Waals surface area contributed by atoms with Gasteiger partial charge in [-0.2, -0.15) is 0 Å². The lowest BCUT2D eigenvalue weighted by Gasteiger charge is -2.14. The molecule has 0 saturated carbocycles. The molecule has 0 radical (unpaired) electrons. The smallest absolute Gasteiger partial charge is 0.329 e. The van der Waals surface area contributed by atoms with Crippen molar-refractivity contribution in [3.05, 3.63) is 0 Å². The molecule has 1 aliphatic rings. The van der Waals surface area contributed by atoms with Gasteiger partial charge in [-0.25, -0.2) is 4.79 Å². The number of ether oxygens (including phenoxy) is 1. The molecule has 0 unspecified atom stereocenters. The Morgan fingerprint density at radius 1 is 1.53 bits per heavy atom. The van der Waals surface area contributed by atoms with Crippen LogP contribution in [0.5, 0.6) is 0 Å². The molecular weight excluding hydrogens is 198 g/mol. The van der Waals surface area contributed by atoms with Crippen molar-refractivity contribution in [1.82, 2.24) is 4.90 Å². The molecular formula is C10H17NO4. The third-order valence-electron chi connectivity index (χ3n) is 2.68. The van der Waals surface area contributed by atoms with E-state index >= 15 is 0 Å². The summed E-state index contributed by atoms with van der Waals surface area (Å²) in [5, 5.41) is 8.39. The molecule has 0 aromatic heterocycles. The number of aliphatic carboxylic acids is 1. The molecule has 1 rings (SSSR count). The Morgan fingerprint density at radius 2 is 2.20 bits per heavy atom. The van der Waals surface area contributed by atoms with Gasteiger partial charge in [-0.3, -0.25) is 9.69 Å². The van der Waals surface area contributed by atoms with E-state index in [1.807, 2.05) is 11.9 Å². The molecule has 0 amide bonds. The highest BCUT2D eigenvalue weighted by Gasteiger charge is 2.32. The lowest BCUT2D eigenvalue weighted by molar-refractivity contribution is -0.142. The van der Waals surface area contributed by atoms with Gasteiger partial charge in [0, 0.05) is 6.54 Å². The minimum Gasteiger partial charge on any atom is -0.480 e. The zero-order valence-electron chi connectivity index (χ0n) is 9.10. The van der Waals surface area contributed by atoms with E-state index in [-0.39, 0.29) is 24.3 Å². The number of nitrogens with zero attached hydrogens (tertiary/aromatic N) is 1. The van der Waals surface area contributed by atoms with E-state index in [2.05, 4.69) is 0 Å². The predicted octanol–water partition coefficient (Wildman–Crippen LogP) is -0.00310. The summed E-state index contributed by atoms with van der Waals surface area (Å²) in [5.74, 6) is -0.522. The molecule has 86 valence electrons. The van der Waals surface area contributed by atoms with Crippen LogP contribution in [0.2, 0.25) is 0 Å². The maximum absolute atomic E-state index is 11.2. The maximum Gasteiger partial charge on any atom is 0.329 e. The molecule has 0 bridgehead atoms. The Hall–Kier alpha value is -0.940. The van der Waals surface area contributed by atoms with Crippen LogP contribution in [0.15, 0.2) is 0 Å². The lowest BCUT2D eigenvalue weighted by atomic mass is 10.0. The fourth-order valence-electron chi connectivity index (χ4n) is 2.01. The van der Waals surface area contributed by atoms with Crippen molar-refractivity contribution in [1.29, 1.82) is 0 Å². The molecule has 1 N–H and O–H groups in total. The molecule has 5 nitrogen and oxygen atoms in total. The van der Waals surface area contributed by atoms with E-state index in [1.165, 1.54) is 0 Å². The van der Waals surface area contributed by atoms with Crippen LogP contribution in [0, 0.1) is 5.92 Å². The molecule has 1 aliphatic heterocycles. The zero-order valence-corrected chi connectivity index (χ0v) is 9.10. The first-order chi connectivity index (χ1) is 7.00. The van der Waals surface area contributed by atoms with E-state index < -0.39 is 5.97 Å². The van der Waals surface area contributed by atoms with Crippen LogP contribution < -0.4 is 0 Å². The zero-order chi connectivity index (χ0) is 11.4. The van der Waals surface area contributed by atoms with Gasteiger partial charge in [0.2, 0.25) is 0 Å². The van der Waals surface area contributed by atoms with Crippen LogP contribution in [0.3, 0.4) is 0 Å². The van der Waals surface area contributed by atoms with Gasteiger partial charge in [0.1, 0.15) is 12.4 Å². The number of Topliss-reactive ketones (excluding diaryl/α,β-unsaturated/α-hetero) is 1. The summed E-state index contributed by atoms with van der Waals surface area (Å²) in [6.45, 7) is 2.54. The van der Waals surface area contributed by atoms with Crippen LogP contribution in [0.1, 0.15) is 13.3 Å². The quantitative estimate of drug-likeness (QED) is 0.699. The number of carbonyl (C=O) groups excluding carboxylic acids is 1. The molecule has 15 heavy (non-hydrogen) atoms. The van der Waals surface area contributed by atoms with Gasteiger partial charge >= 0.3 is 5.97 Å². The van der Waals surface area contributed by atoms with Crippen molar-refractivity contribution in [2.45, 2.75) is 19.4 Å². The number of hydrogen-bond donors (Lipinski definition) is 1. The second-order valence-electron chi connectivity index (χ2n) is 4.08. The van der Waals surface area contributed by atoms with E-state index in [0.29, 0.717) is 6.61 Å². The molecule has 1 saturated heterocycles. The van der Waals surface area contributed by atoms with Crippen LogP contribution in [-0.4, -0.2) is 54.6 Å². The number of rotatable bonds is 5. The molecule has 0 aromatic carbocycles. The molecule has 0 aliphatic carbocycles. The SMILES string of the molecule is CC(=O)[C@@H]1C[C@@H](COCC(=O)O)CN1C. The van der Waals surface area contributed by atoms with Gasteiger partial charge in [-0.05, 0) is 26.3 Å². The summed E-state index contributed by atoms with van der Waals surface area (Å²) < 4.78 is 5.02. The van der Waals surface area contributed by atoms with Gasteiger partial charge in [0.25, 0.3) is 0 Å². The first-order valence-corrected chi connectivity index (χ1v) is 5.01. The average molecular weight is 215 g/mol. The Kier molecular flexibility index (Phi) is 4.23. The Labute approximate surface area is 89.0 Å². The normalized spacial score (nSPS) is 26.8. The van der Waals surface area contributed by atoms with E-state index in [9.17, 15) is 9.59 Å². The monoisotopic (exact) mass is 215 g/mol. The highest BCUT2D eigenvalue weighted by atomic mass is 16.5. The average Bonchev–Trinajstić information content (AvgIpc) is 2.46. The predicted molar refractivity (Wildman–Crippen MR) is 53.7 cm³/mol. The largest absolute Gasteiger partial charge is 0.480 e. The summed E-state index contributed by atoms with van der Waals surface area (Å²) in [6, 6.07) is -0.0246. The number of likely N-dealkylation sites (tertiary alicyclic amines) is 1. The third kappa shape index (κ3) is 3.60. The topological polar surface area (TPSA) is 66.8 Å². The van der Waals surface area contributed by atoms with Crippen molar-refractivity contribution < 1.29 is 19.4 Å². The number of likely N-dealkylation sites (N-methyl/N-ethyl adjacent to an activating group) is 1. The van der Waals surface area contributed by atoms with Gasteiger partial charge in [-0.1, -0.05) is 0 Å². The minimum absolute atomic E-state index is 0.0246. The van der Waals surface area contributed by atoms with E-state index in [4.69, 9.17) is 9.84 Å². The number of ketones is 1. The van der Waals surface area contributed by atoms with Crippen molar-refractivity contribution in [2.24, 2.45) is 5.92 Å². The first kappa shape index (κ1) is 12.1. The van der Waals surface area contributed by atoms with Crippen molar-refractivity contribution >= 4 is 11.8 Å². The van der Waals surface area contributed by atoms with Gasteiger partial charge in [0.05, 0.1) is 12.6 Å². The maximum atomic E-state index is 11.2. The van der Waals surface area contributed by atoms with Crippen LogP contribution in [0.25, 0.3) is 0 Å². The summed E-state index contributed by atoms with van der Waals surface area (Å²) in [6.07, 6.45) is 0.769. The molecule has 0 spiro atoms. The molecule has 1 fully saturated rings. The second kappa shape index (κ2) is 5.23. The van der Waals surface area contributed by atoms with Crippen molar-refractivity contribution in [3.63, 3.8) is 0 Å².